The number of amides is 1. The Bertz CT molecular complexity index is 1730. The van der Waals surface area contributed by atoms with Crippen LogP contribution in [0.3, 0.4) is 0 Å². The maximum absolute atomic E-state index is 13.5. The maximum Gasteiger partial charge on any atom is 0.376 e. The molecular weight excluding hydrogens is 603 g/mol. The number of anilines is 3. The zero-order valence-electron chi connectivity index (χ0n) is 26.4. The summed E-state index contributed by atoms with van der Waals surface area (Å²) in [7, 11) is 2.53. The summed E-state index contributed by atoms with van der Waals surface area (Å²) in [5.41, 5.74) is 4.17. The highest BCUT2D eigenvalue weighted by Crippen LogP contribution is 2.45. The second-order valence-corrected chi connectivity index (χ2v) is 13.5. The highest BCUT2D eigenvalue weighted by atomic mass is 35.5. The zero-order valence-corrected chi connectivity index (χ0v) is 27.1. The van der Waals surface area contributed by atoms with Crippen molar-refractivity contribution >= 4 is 55.5 Å². The molecule has 0 unspecified atom stereocenters. The van der Waals surface area contributed by atoms with Crippen molar-refractivity contribution in [3.8, 4) is 23.1 Å². The summed E-state index contributed by atoms with van der Waals surface area (Å²) < 4.78 is 5.64. The predicted molar refractivity (Wildman–Crippen MR) is 179 cm³/mol. The normalized spacial score (nSPS) is 17.9. The summed E-state index contributed by atoms with van der Waals surface area (Å²) in [5, 5.41) is 23.3. The van der Waals surface area contributed by atoms with Crippen LogP contribution in [0, 0.1) is 16.7 Å². The van der Waals surface area contributed by atoms with E-state index in [0.29, 0.717) is 47.9 Å². The van der Waals surface area contributed by atoms with Crippen molar-refractivity contribution < 1.29 is 19.3 Å². The van der Waals surface area contributed by atoms with E-state index in [0.717, 1.165) is 48.9 Å². The number of aromatic nitrogens is 2. The summed E-state index contributed by atoms with van der Waals surface area (Å²) in [6.07, 6.45) is 4.24. The molecule has 235 valence electrons. The fourth-order valence-electron chi connectivity index (χ4n) is 6.93. The number of ether oxygens (including phenoxy) is 1. The van der Waals surface area contributed by atoms with Crippen LogP contribution < -0.4 is 14.9 Å². The molecule has 2 aromatic carbocycles. The van der Waals surface area contributed by atoms with E-state index in [1.165, 1.54) is 14.5 Å². The molecule has 0 atom stereocenters. The van der Waals surface area contributed by atoms with Gasteiger partial charge in [0.1, 0.15) is 18.0 Å². The molecule has 0 aliphatic carbocycles. The lowest BCUT2D eigenvalue weighted by molar-refractivity contribution is -0.0232. The molecule has 3 aliphatic rings. The second kappa shape index (κ2) is 12.2. The predicted octanol–water partition coefficient (Wildman–Crippen LogP) is 3.98. The van der Waals surface area contributed by atoms with E-state index in [1.54, 1.807) is 37.3 Å². The van der Waals surface area contributed by atoms with Gasteiger partial charge in [-0.15, -0.1) is 0 Å². The number of benzene rings is 2. The van der Waals surface area contributed by atoms with Gasteiger partial charge in [0.25, 0.3) is 5.91 Å². The van der Waals surface area contributed by atoms with Crippen molar-refractivity contribution in [2.24, 2.45) is 5.41 Å². The molecule has 4 heterocycles. The van der Waals surface area contributed by atoms with E-state index < -0.39 is 7.05 Å². The third-order valence-corrected chi connectivity index (χ3v) is 9.81. The molecule has 14 heteroatoms. The van der Waals surface area contributed by atoms with Gasteiger partial charge in [-0.05, 0) is 68.6 Å². The number of methoxy groups -OCH3 is 1. The van der Waals surface area contributed by atoms with Gasteiger partial charge < -0.3 is 34.4 Å². The standard InChI is InChI=1S/C32H35B2ClN7O4/c1-31(2)16-42(33-19-43)28-21(15-36)11-20(12-23(28)31)25-5-8-37-30(38-25)39-26-14-24(35)22(13-27(26)46-4)29(44)40-17-32(18-40)6-9-41(10-7-32)34(3)45/h5,8,11-14,19,45H,6-7,9-10,16-18H2,1-4H3,(H,37,38,39). The van der Waals surface area contributed by atoms with Gasteiger partial charge in [-0.2, -0.15) is 5.26 Å². The summed E-state index contributed by atoms with van der Waals surface area (Å²) in [5.74, 6) is 0.557. The van der Waals surface area contributed by atoms with E-state index in [9.17, 15) is 19.9 Å². The Labute approximate surface area is 274 Å². The molecule has 11 nitrogen and oxygen atoms in total. The molecule has 3 aliphatic heterocycles. The monoisotopic (exact) mass is 638 g/mol. The second-order valence-electron chi connectivity index (χ2n) is 13.1. The quantitative estimate of drug-likeness (QED) is 0.276. The maximum atomic E-state index is 13.5. The number of hydrogen-bond acceptors (Lipinski definition) is 10. The molecule has 2 N–H and O–H groups in total. The number of carbonyl (C=O) groups excluding carboxylic acids is 2. The largest absolute Gasteiger partial charge is 0.495 e. The van der Waals surface area contributed by atoms with E-state index in [4.69, 9.17) is 21.3 Å². The van der Waals surface area contributed by atoms with Gasteiger partial charge in [0, 0.05) is 47.9 Å². The Kier molecular flexibility index (Phi) is 8.48. The minimum Gasteiger partial charge on any atom is -0.495 e. The molecule has 0 saturated carbocycles. The van der Waals surface area contributed by atoms with Gasteiger partial charge in [0.05, 0.1) is 34.6 Å². The highest BCUT2D eigenvalue weighted by Gasteiger charge is 2.47. The van der Waals surface area contributed by atoms with Crippen LogP contribution in [-0.2, 0) is 10.2 Å². The smallest absolute Gasteiger partial charge is 0.376 e. The van der Waals surface area contributed by atoms with E-state index in [-0.39, 0.29) is 27.7 Å². The minimum absolute atomic E-state index is 0.0946. The highest BCUT2D eigenvalue weighted by molar-refractivity contribution is 6.70. The molecule has 2 fully saturated rings. The Balaban J connectivity index is 1.21. The van der Waals surface area contributed by atoms with Crippen molar-refractivity contribution in [3.05, 3.63) is 58.2 Å². The van der Waals surface area contributed by atoms with Crippen LogP contribution in [0.25, 0.3) is 11.3 Å². The topological polar surface area (TPSA) is 135 Å². The number of nitrogens with one attached hydrogen (secondary N) is 1. The first-order valence-electron chi connectivity index (χ1n) is 15.3. The number of carbonyl (C=O) groups is 2. The molecule has 3 aromatic rings. The first-order chi connectivity index (χ1) is 22.0. The zero-order chi connectivity index (χ0) is 32.8. The molecule has 1 radical (unpaired) electrons. The van der Waals surface area contributed by atoms with E-state index in [2.05, 4.69) is 35.0 Å². The molecule has 6 rings (SSSR count). The van der Waals surface area contributed by atoms with Gasteiger partial charge in [0.2, 0.25) is 5.95 Å². The van der Waals surface area contributed by atoms with Gasteiger partial charge in [-0.25, -0.2) is 9.97 Å². The first-order valence-corrected chi connectivity index (χ1v) is 15.7. The molecule has 46 heavy (non-hydrogen) atoms. The van der Waals surface area contributed by atoms with Crippen LogP contribution in [-0.4, -0.2) is 91.1 Å². The van der Waals surface area contributed by atoms with E-state index in [1.807, 2.05) is 15.8 Å². The van der Waals surface area contributed by atoms with Crippen LogP contribution in [0.4, 0.5) is 17.3 Å². The molecule has 2 saturated heterocycles. The van der Waals surface area contributed by atoms with Crippen LogP contribution in [0.2, 0.25) is 11.8 Å². The Morgan fingerprint density at radius 2 is 1.96 bits per heavy atom. The molecule has 1 spiro atoms. The first kappa shape index (κ1) is 31.9. The van der Waals surface area contributed by atoms with Crippen molar-refractivity contribution in [3.63, 3.8) is 0 Å². The van der Waals surface area contributed by atoms with Crippen molar-refractivity contribution in [2.45, 2.75) is 38.9 Å². The average molecular weight is 639 g/mol. The summed E-state index contributed by atoms with van der Waals surface area (Å²) >= 11 is 6.67. The molecule has 0 bridgehead atoms. The van der Waals surface area contributed by atoms with Crippen molar-refractivity contribution in [1.29, 1.82) is 5.26 Å². The van der Waals surface area contributed by atoms with Crippen molar-refractivity contribution in [1.82, 2.24) is 19.7 Å². The number of nitriles is 1. The molecule has 1 aromatic heterocycles. The number of rotatable bonds is 8. The molecular formula is C32H35B2ClN7O4. The Morgan fingerprint density at radius 3 is 2.61 bits per heavy atom. The lowest BCUT2D eigenvalue weighted by atomic mass is 9.69. The van der Waals surface area contributed by atoms with Gasteiger partial charge in [0.15, 0.2) is 0 Å². The Morgan fingerprint density at radius 1 is 1.22 bits per heavy atom. The SMILES string of the molecule is COc1cc(C(=O)N2CC3(CCN(B(C)O)CC3)C2)c(Cl)cc1Nc1nccc(-c2cc(C#N)c3c(c2)C(C)(C)CN3[B]C=O)n1. The lowest BCUT2D eigenvalue weighted by Gasteiger charge is -2.54. The van der Waals surface area contributed by atoms with Gasteiger partial charge in [-0.1, -0.05) is 25.4 Å². The molecule has 1 amide bonds. The van der Waals surface area contributed by atoms with Crippen LogP contribution >= 0.6 is 11.6 Å². The number of piperidine rings is 1. The van der Waals surface area contributed by atoms with Crippen LogP contribution in [0.15, 0.2) is 36.5 Å². The summed E-state index contributed by atoms with van der Waals surface area (Å²) in [6.45, 7) is 9.50. The summed E-state index contributed by atoms with van der Waals surface area (Å²) in [6, 6.07) is 11.1. The number of halogens is 1. The lowest BCUT2D eigenvalue weighted by Crippen LogP contribution is -2.62. The van der Waals surface area contributed by atoms with E-state index >= 15 is 0 Å². The minimum atomic E-state index is -0.454. The van der Waals surface area contributed by atoms with Crippen molar-refractivity contribution in [2.75, 3.05) is 50.0 Å². The third kappa shape index (κ3) is 5.81. The average Bonchev–Trinajstić information content (AvgIpc) is 3.28. The fourth-order valence-corrected chi connectivity index (χ4v) is 7.18. The fraction of sp³-hybridized carbons (Fsp3) is 0.406. The van der Waals surface area contributed by atoms with Gasteiger partial charge in [-0.3, -0.25) is 4.79 Å². The number of fused-ring (bicyclic) bond motifs is 1. The number of likely N-dealkylation sites (tertiary alicyclic amines) is 1. The number of hydrogen-bond donors (Lipinski definition) is 2. The number of nitrogens with zero attached hydrogens (tertiary/aromatic N) is 6. The van der Waals surface area contributed by atoms with Crippen LogP contribution in [0.1, 0.15) is 48.2 Å². The Hall–Kier alpha value is -4.11. The van der Waals surface area contributed by atoms with Crippen LogP contribution in [0.5, 0.6) is 5.75 Å². The third-order valence-electron chi connectivity index (χ3n) is 9.50. The van der Waals surface area contributed by atoms with Gasteiger partial charge >= 0.3 is 14.5 Å². The summed E-state index contributed by atoms with van der Waals surface area (Å²) in [4.78, 5) is 39.5.